The second-order valence-electron chi connectivity index (χ2n) is 11.7. The number of rotatable bonds is 14. The van der Waals surface area contributed by atoms with Crippen molar-refractivity contribution < 1.29 is 28.3 Å². The number of esters is 2. The summed E-state index contributed by atoms with van der Waals surface area (Å²) in [5.41, 5.74) is 1.29. The average Bonchev–Trinajstić information content (AvgIpc) is 3.62. The van der Waals surface area contributed by atoms with E-state index in [2.05, 4.69) is 50.4 Å². The van der Waals surface area contributed by atoms with Crippen LogP contribution in [0, 0.1) is 11.8 Å². The van der Waals surface area contributed by atoms with Gasteiger partial charge in [-0.05, 0) is 39.4 Å². The minimum Gasteiger partial charge on any atom is -0.464 e. The van der Waals surface area contributed by atoms with Gasteiger partial charge in [0.15, 0.2) is 12.7 Å². The van der Waals surface area contributed by atoms with Gasteiger partial charge in [-0.1, -0.05) is 37.4 Å². The summed E-state index contributed by atoms with van der Waals surface area (Å²) < 4.78 is 17.9. The number of β-lactam (4-membered cyclic amide) rings is 1. The zero-order chi connectivity index (χ0) is 29.9. The Labute approximate surface area is 251 Å². The predicted molar refractivity (Wildman–Crippen MR) is 163 cm³/mol. The average molecular weight is 620 g/mol. The number of hydrogen-bond donors (Lipinski definition) is 1. The first-order valence-corrected chi connectivity index (χ1v) is 19.2. The number of nitrogens with zero attached hydrogens (tertiary/aromatic N) is 2. The van der Waals surface area contributed by atoms with Crippen LogP contribution in [0.5, 0.6) is 0 Å². The first-order chi connectivity index (χ1) is 19.4. The molecule has 4 rings (SSSR count). The highest BCUT2D eigenvalue weighted by molar-refractivity contribution is 8.04. The number of carbonyl (C=O) groups is 3. The first-order valence-electron chi connectivity index (χ1n) is 14.1. The van der Waals surface area contributed by atoms with Crippen LogP contribution < -0.4 is 5.32 Å². The van der Waals surface area contributed by atoms with E-state index in [-0.39, 0.29) is 54.4 Å². The lowest BCUT2D eigenvalue weighted by Crippen LogP contribution is -2.64. The fourth-order valence-electron chi connectivity index (χ4n) is 5.72. The number of amides is 1. The molecule has 1 aromatic heterocycles. The molecule has 41 heavy (non-hydrogen) atoms. The Bertz CT molecular complexity index is 1210. The SMILES string of the molecule is C=CCCC(=O)OC[C@@H]1C[C@@H](c2csc(SC3=C(C(=O)OCC=C)N4C(=O)[C@H]([C@@H](C)O[Si](C)(C)C)[C@H]4[C@H]3C)n2)CN1. The molecule has 3 aliphatic rings. The number of thiazole rings is 1. The number of thioether (sulfide) groups is 1. The van der Waals surface area contributed by atoms with E-state index in [0.29, 0.717) is 25.1 Å². The van der Waals surface area contributed by atoms with Crippen molar-refractivity contribution in [1.29, 1.82) is 0 Å². The van der Waals surface area contributed by atoms with Crippen molar-refractivity contribution >= 4 is 49.3 Å². The summed E-state index contributed by atoms with van der Waals surface area (Å²) in [6.45, 7) is 18.8. The largest absolute Gasteiger partial charge is 0.464 e. The summed E-state index contributed by atoms with van der Waals surface area (Å²) in [6, 6.07) is -0.0722. The third-order valence-electron chi connectivity index (χ3n) is 7.50. The van der Waals surface area contributed by atoms with Gasteiger partial charge in [0.2, 0.25) is 5.91 Å². The molecule has 1 aromatic rings. The van der Waals surface area contributed by atoms with Crippen LogP contribution in [0.2, 0.25) is 19.6 Å². The van der Waals surface area contributed by atoms with Gasteiger partial charge in [-0.15, -0.1) is 17.9 Å². The topological polar surface area (TPSA) is 107 Å². The minimum atomic E-state index is -1.86. The highest BCUT2D eigenvalue weighted by Crippen LogP contribution is 2.53. The van der Waals surface area contributed by atoms with Gasteiger partial charge in [0, 0.05) is 41.1 Å². The van der Waals surface area contributed by atoms with Crippen LogP contribution in [0.4, 0.5) is 0 Å². The molecule has 0 bridgehead atoms. The van der Waals surface area contributed by atoms with Crippen LogP contribution in [0.1, 0.15) is 44.7 Å². The molecule has 0 aliphatic carbocycles. The lowest BCUT2D eigenvalue weighted by atomic mass is 9.79. The lowest BCUT2D eigenvalue weighted by molar-refractivity contribution is -0.163. The van der Waals surface area contributed by atoms with Gasteiger partial charge in [-0.25, -0.2) is 9.78 Å². The van der Waals surface area contributed by atoms with Gasteiger partial charge in [0.25, 0.3) is 0 Å². The molecule has 0 spiro atoms. The second-order valence-corrected chi connectivity index (χ2v) is 18.3. The Kier molecular flexibility index (Phi) is 10.3. The Balaban J connectivity index is 1.46. The van der Waals surface area contributed by atoms with E-state index >= 15 is 0 Å². The van der Waals surface area contributed by atoms with Gasteiger partial charge in [0.1, 0.15) is 18.9 Å². The first kappa shape index (κ1) is 31.7. The molecule has 1 amide bonds. The van der Waals surface area contributed by atoms with Crippen molar-refractivity contribution in [2.24, 2.45) is 11.8 Å². The van der Waals surface area contributed by atoms with Crippen LogP contribution in [0.3, 0.4) is 0 Å². The van der Waals surface area contributed by atoms with E-state index in [4.69, 9.17) is 18.9 Å². The Morgan fingerprint density at radius 1 is 1.29 bits per heavy atom. The summed E-state index contributed by atoms with van der Waals surface area (Å²) >= 11 is 2.97. The van der Waals surface area contributed by atoms with Crippen LogP contribution in [-0.4, -0.2) is 74.0 Å². The van der Waals surface area contributed by atoms with Gasteiger partial charge in [-0.3, -0.25) is 9.59 Å². The molecule has 0 aromatic carbocycles. The van der Waals surface area contributed by atoms with Crippen molar-refractivity contribution in [3.05, 3.63) is 47.0 Å². The molecule has 9 nitrogen and oxygen atoms in total. The van der Waals surface area contributed by atoms with E-state index < -0.39 is 14.3 Å². The molecule has 0 unspecified atom stereocenters. The summed E-state index contributed by atoms with van der Waals surface area (Å²) in [5.74, 6) is -0.999. The Hall–Kier alpha value is -2.25. The van der Waals surface area contributed by atoms with E-state index in [1.54, 1.807) is 11.0 Å². The molecule has 12 heteroatoms. The van der Waals surface area contributed by atoms with Crippen LogP contribution >= 0.6 is 23.1 Å². The second kappa shape index (κ2) is 13.4. The molecule has 224 valence electrons. The molecule has 4 heterocycles. The monoisotopic (exact) mass is 619 g/mol. The maximum absolute atomic E-state index is 13.4. The summed E-state index contributed by atoms with van der Waals surface area (Å²) in [4.78, 5) is 45.7. The molecule has 6 atom stereocenters. The standard InChI is InChI=1S/C29H41N3O6S2Si/c1-8-10-11-22(33)37-15-20-13-19(14-30-20)21-16-39-29(31-21)40-26-17(3)24-23(18(4)38-41(5,6)7)27(34)32(24)25(26)28(35)36-12-9-2/h8-9,16-20,23-24,30H,1-2,10-15H2,3-7H3/t17-,18-,19-,20+,23-,24-/m1/s1. The van der Waals surface area contributed by atoms with Gasteiger partial charge < -0.3 is 24.1 Å². The molecule has 1 N–H and O–H groups in total. The number of nitrogens with one attached hydrogen (secondary N) is 1. The Morgan fingerprint density at radius 3 is 2.73 bits per heavy atom. The van der Waals surface area contributed by atoms with Crippen LogP contribution in [0.15, 0.2) is 45.6 Å². The molecular weight excluding hydrogens is 579 g/mol. The molecule has 3 aliphatic heterocycles. The minimum absolute atomic E-state index is 0.0673. The molecule has 2 fully saturated rings. The number of fused-ring (bicyclic) bond motifs is 1. The number of carbonyl (C=O) groups excluding carboxylic acids is 3. The predicted octanol–water partition coefficient (Wildman–Crippen LogP) is 4.85. The fraction of sp³-hybridized carbons (Fsp3) is 0.586. The smallest absolute Gasteiger partial charge is 0.356 e. The van der Waals surface area contributed by atoms with E-state index in [1.165, 1.54) is 29.2 Å². The highest BCUT2D eigenvalue weighted by Gasteiger charge is 2.61. The quantitative estimate of drug-likeness (QED) is 0.135. The fourth-order valence-corrected chi connectivity index (χ4v) is 9.16. The van der Waals surface area contributed by atoms with E-state index in [0.717, 1.165) is 27.9 Å². The third kappa shape index (κ3) is 7.22. The van der Waals surface area contributed by atoms with Crippen molar-refractivity contribution in [3.8, 4) is 0 Å². The zero-order valence-electron chi connectivity index (χ0n) is 24.5. The van der Waals surface area contributed by atoms with Gasteiger partial charge >= 0.3 is 11.9 Å². The number of hydrogen-bond acceptors (Lipinski definition) is 10. The molecule has 0 radical (unpaired) electrons. The van der Waals surface area contributed by atoms with Gasteiger partial charge in [0.05, 0.1) is 23.8 Å². The van der Waals surface area contributed by atoms with E-state index in [1.807, 2.05) is 6.92 Å². The molecule has 2 saturated heterocycles. The van der Waals surface area contributed by atoms with Crippen molar-refractivity contribution in [2.75, 3.05) is 19.8 Å². The zero-order valence-corrected chi connectivity index (χ0v) is 27.1. The van der Waals surface area contributed by atoms with Crippen LogP contribution in [0.25, 0.3) is 0 Å². The number of aromatic nitrogens is 1. The van der Waals surface area contributed by atoms with Crippen molar-refractivity contribution in [2.45, 2.75) is 81.2 Å². The van der Waals surface area contributed by atoms with E-state index in [9.17, 15) is 14.4 Å². The molecule has 0 saturated carbocycles. The maximum atomic E-state index is 13.4. The number of ether oxygens (including phenoxy) is 2. The normalized spacial score (nSPS) is 26.4. The summed E-state index contributed by atoms with van der Waals surface area (Å²) in [5, 5.41) is 5.48. The van der Waals surface area contributed by atoms with Gasteiger partial charge in [-0.2, -0.15) is 0 Å². The van der Waals surface area contributed by atoms with Crippen molar-refractivity contribution in [1.82, 2.24) is 15.2 Å². The Morgan fingerprint density at radius 2 is 2.05 bits per heavy atom. The third-order valence-corrected chi connectivity index (χ3v) is 10.8. The highest BCUT2D eigenvalue weighted by atomic mass is 32.2. The maximum Gasteiger partial charge on any atom is 0.356 e. The molecular formula is C29H41N3O6S2Si. The summed E-state index contributed by atoms with van der Waals surface area (Å²) in [6.07, 6.45) is 4.77. The van der Waals surface area contributed by atoms with Crippen molar-refractivity contribution in [3.63, 3.8) is 0 Å². The van der Waals surface area contributed by atoms with Crippen LogP contribution in [-0.2, 0) is 28.3 Å². The summed E-state index contributed by atoms with van der Waals surface area (Å²) in [7, 11) is -1.86. The number of allylic oxidation sites excluding steroid dienone is 1. The lowest BCUT2D eigenvalue weighted by Gasteiger charge is -2.48.